The summed E-state index contributed by atoms with van der Waals surface area (Å²) in [6.07, 6.45) is 3.88. The highest BCUT2D eigenvalue weighted by Gasteiger charge is 2.71. The number of esters is 1. The van der Waals surface area contributed by atoms with Gasteiger partial charge in [-0.3, -0.25) is 4.79 Å². The van der Waals surface area contributed by atoms with E-state index in [1.165, 1.54) is 13.2 Å². The van der Waals surface area contributed by atoms with Crippen molar-refractivity contribution in [1.29, 1.82) is 0 Å². The Bertz CT molecular complexity index is 1020. The third-order valence-corrected chi connectivity index (χ3v) is 11.5. The van der Waals surface area contributed by atoms with E-state index in [1.807, 2.05) is 6.92 Å². The zero-order valence-electron chi connectivity index (χ0n) is 22.4. The first kappa shape index (κ1) is 27.0. The number of allylic oxidation sites excluding steroid dienone is 1. The molecule has 11 atom stereocenters. The Kier molecular flexibility index (Phi) is 6.76. The van der Waals surface area contributed by atoms with Gasteiger partial charge in [-0.25, -0.2) is 4.79 Å². The van der Waals surface area contributed by atoms with Crippen molar-refractivity contribution in [3.8, 4) is 0 Å². The van der Waals surface area contributed by atoms with Crippen LogP contribution in [0.4, 0.5) is 0 Å². The van der Waals surface area contributed by atoms with Crippen LogP contribution in [0.2, 0.25) is 0 Å². The lowest BCUT2D eigenvalue weighted by atomic mass is 9.42. The van der Waals surface area contributed by atoms with Gasteiger partial charge in [-0.15, -0.1) is 0 Å². The smallest absolute Gasteiger partial charge is 0.336 e. The molecule has 37 heavy (non-hydrogen) atoms. The van der Waals surface area contributed by atoms with E-state index < -0.39 is 40.7 Å². The molecule has 1 heterocycles. The van der Waals surface area contributed by atoms with Crippen LogP contribution >= 0.6 is 0 Å². The molecule has 0 aromatic carbocycles. The fraction of sp³-hybridized carbons (Fsp3) is 0.793. The van der Waals surface area contributed by atoms with Gasteiger partial charge in [0.15, 0.2) is 5.78 Å². The minimum Gasteiger partial charge on any atom is -0.458 e. The lowest BCUT2D eigenvalue weighted by Crippen LogP contribution is -2.70. The predicted molar refractivity (Wildman–Crippen MR) is 134 cm³/mol. The van der Waals surface area contributed by atoms with Gasteiger partial charge in [0.25, 0.3) is 0 Å². The molecule has 5 rings (SSSR count). The quantitative estimate of drug-likeness (QED) is 0.406. The van der Waals surface area contributed by atoms with Crippen LogP contribution in [0.25, 0.3) is 0 Å². The summed E-state index contributed by atoms with van der Waals surface area (Å²) in [5.41, 5.74) is -1.87. The van der Waals surface area contributed by atoms with Crippen molar-refractivity contribution in [2.24, 2.45) is 40.4 Å². The maximum Gasteiger partial charge on any atom is 0.336 e. The Morgan fingerprint density at radius 1 is 1.14 bits per heavy atom. The summed E-state index contributed by atoms with van der Waals surface area (Å²) >= 11 is 0. The van der Waals surface area contributed by atoms with E-state index in [0.29, 0.717) is 24.8 Å². The number of ether oxygens (including phenoxy) is 2. The summed E-state index contributed by atoms with van der Waals surface area (Å²) in [6, 6.07) is 0. The molecule has 8 nitrogen and oxygen atoms in total. The first-order chi connectivity index (χ1) is 17.4. The predicted octanol–water partition coefficient (Wildman–Crippen LogP) is 1.93. The van der Waals surface area contributed by atoms with Gasteiger partial charge < -0.3 is 29.9 Å². The molecular weight excluding hydrogens is 476 g/mol. The van der Waals surface area contributed by atoms with Crippen LogP contribution < -0.4 is 0 Å². The number of ketones is 1. The van der Waals surface area contributed by atoms with E-state index in [9.17, 15) is 30.0 Å². The summed E-state index contributed by atoms with van der Waals surface area (Å²) in [5, 5.41) is 45.1. The van der Waals surface area contributed by atoms with Gasteiger partial charge in [0.2, 0.25) is 0 Å². The van der Waals surface area contributed by atoms with Crippen LogP contribution in [-0.4, -0.2) is 76.4 Å². The number of methoxy groups -OCH3 is 1. The minimum atomic E-state index is -1.54. The standard InChI is InChI=1S/C29H42O8/c1-15-10-22(37-26(34)18(15)14-36-4)17(13-30)20-8-7-19-16-11-25(33)29(35)9-5-6-23(31)28(29,3)21(16)12-24(32)27(19,20)2/h5-6,16-17,19-22,24-25,30,32-33,35H,7-14H2,1-4H3/t16-,17-,19-,20+,21-,22+,24?,25+,27-,28-,29-/m0/s1. The zero-order chi connectivity index (χ0) is 26.9. The molecule has 0 bridgehead atoms. The molecule has 4 N–H and O–H groups in total. The highest BCUT2D eigenvalue weighted by atomic mass is 16.5. The number of rotatable bonds is 5. The number of hydrogen-bond donors (Lipinski definition) is 4. The Morgan fingerprint density at radius 2 is 1.86 bits per heavy atom. The van der Waals surface area contributed by atoms with E-state index in [0.717, 1.165) is 18.4 Å². The summed E-state index contributed by atoms with van der Waals surface area (Å²) in [4.78, 5) is 26.0. The fourth-order valence-corrected chi connectivity index (χ4v) is 9.34. The second kappa shape index (κ2) is 9.26. The number of cyclic esters (lactones) is 1. The van der Waals surface area contributed by atoms with Crippen LogP contribution in [0.5, 0.6) is 0 Å². The van der Waals surface area contributed by atoms with Crippen molar-refractivity contribution in [2.75, 3.05) is 20.3 Å². The molecule has 0 aromatic rings. The second-order valence-electron chi connectivity index (χ2n) is 12.7. The molecule has 5 aliphatic rings. The van der Waals surface area contributed by atoms with Gasteiger partial charge in [-0.1, -0.05) is 18.6 Å². The Morgan fingerprint density at radius 3 is 2.51 bits per heavy atom. The van der Waals surface area contributed by atoms with E-state index in [4.69, 9.17) is 9.47 Å². The van der Waals surface area contributed by atoms with Crippen molar-refractivity contribution in [2.45, 2.75) is 83.2 Å². The van der Waals surface area contributed by atoms with Crippen molar-refractivity contribution in [3.05, 3.63) is 23.3 Å². The first-order valence-electron chi connectivity index (χ1n) is 13.7. The van der Waals surface area contributed by atoms with Crippen LogP contribution in [-0.2, 0) is 19.1 Å². The highest BCUT2D eigenvalue weighted by molar-refractivity contribution is 5.97. The number of carbonyl (C=O) groups excluding carboxylic acids is 2. The number of aliphatic hydroxyl groups is 4. The van der Waals surface area contributed by atoms with E-state index in [-0.39, 0.29) is 55.0 Å². The number of fused-ring (bicyclic) bond motifs is 5. The number of aliphatic hydroxyl groups excluding tert-OH is 3. The molecule has 0 amide bonds. The van der Waals surface area contributed by atoms with Crippen molar-refractivity contribution < 1.29 is 39.5 Å². The average molecular weight is 519 g/mol. The van der Waals surface area contributed by atoms with Gasteiger partial charge >= 0.3 is 5.97 Å². The van der Waals surface area contributed by atoms with Gasteiger partial charge in [0.05, 0.1) is 29.8 Å². The van der Waals surface area contributed by atoms with Gasteiger partial charge in [-0.2, -0.15) is 0 Å². The molecule has 206 valence electrons. The second-order valence-corrected chi connectivity index (χ2v) is 12.7. The Labute approximate surface area is 218 Å². The largest absolute Gasteiger partial charge is 0.458 e. The molecular formula is C29H42O8. The molecule has 1 unspecified atom stereocenters. The first-order valence-corrected chi connectivity index (χ1v) is 13.7. The highest BCUT2D eigenvalue weighted by Crippen LogP contribution is 2.68. The van der Waals surface area contributed by atoms with E-state index in [1.54, 1.807) is 13.0 Å². The molecule has 3 saturated carbocycles. The molecule has 0 saturated heterocycles. The average Bonchev–Trinajstić information content (AvgIpc) is 3.20. The third kappa shape index (κ3) is 3.59. The SMILES string of the molecule is COCC1=C(C)C[C@H]([C@@H](CO)[C@H]2CC[C@H]3[C@@H]4C[C@@H](O)[C@@]5(O)CC=CC(=O)[C@]5(C)[C@H]4CC(O)[C@]23C)OC1=O. The van der Waals surface area contributed by atoms with Gasteiger partial charge in [0, 0.05) is 26.1 Å². The van der Waals surface area contributed by atoms with E-state index in [2.05, 4.69) is 6.92 Å². The summed E-state index contributed by atoms with van der Waals surface area (Å²) in [5.74, 6) is -1.33. The van der Waals surface area contributed by atoms with Crippen LogP contribution in [0.3, 0.4) is 0 Å². The maximum absolute atomic E-state index is 13.3. The lowest BCUT2D eigenvalue weighted by Gasteiger charge is -2.64. The lowest BCUT2D eigenvalue weighted by molar-refractivity contribution is -0.246. The molecule has 4 aliphatic carbocycles. The molecule has 8 heteroatoms. The number of carbonyl (C=O) groups is 2. The summed E-state index contributed by atoms with van der Waals surface area (Å²) in [7, 11) is 1.54. The fourth-order valence-electron chi connectivity index (χ4n) is 9.34. The van der Waals surface area contributed by atoms with Crippen molar-refractivity contribution in [1.82, 2.24) is 0 Å². The van der Waals surface area contributed by atoms with Crippen molar-refractivity contribution >= 4 is 11.8 Å². The molecule has 1 aliphatic heterocycles. The molecule has 0 aromatic heterocycles. The zero-order valence-corrected chi connectivity index (χ0v) is 22.4. The monoisotopic (exact) mass is 518 g/mol. The van der Waals surface area contributed by atoms with Gasteiger partial charge in [0.1, 0.15) is 11.7 Å². The third-order valence-electron chi connectivity index (χ3n) is 11.5. The van der Waals surface area contributed by atoms with Crippen LogP contribution in [0.15, 0.2) is 23.3 Å². The maximum atomic E-state index is 13.3. The normalized spacial score (nSPS) is 48.3. The van der Waals surface area contributed by atoms with Crippen LogP contribution in [0, 0.1) is 40.4 Å². The van der Waals surface area contributed by atoms with Gasteiger partial charge in [-0.05, 0) is 81.1 Å². The molecule has 3 fully saturated rings. The Hall–Kier alpha value is -1.58. The summed E-state index contributed by atoms with van der Waals surface area (Å²) in [6.45, 7) is 5.76. The molecule has 0 spiro atoms. The van der Waals surface area contributed by atoms with E-state index >= 15 is 0 Å². The number of hydrogen-bond acceptors (Lipinski definition) is 8. The minimum absolute atomic E-state index is 0.00927. The topological polar surface area (TPSA) is 134 Å². The Balaban J connectivity index is 1.46. The van der Waals surface area contributed by atoms with Crippen LogP contribution in [0.1, 0.15) is 59.3 Å². The van der Waals surface area contributed by atoms with Crippen molar-refractivity contribution in [3.63, 3.8) is 0 Å². The summed E-state index contributed by atoms with van der Waals surface area (Å²) < 4.78 is 11.0. The molecule has 0 radical (unpaired) electrons.